The molecule has 4 nitrogen and oxygen atoms in total. The van der Waals surface area contributed by atoms with E-state index in [1.807, 2.05) is 12.1 Å². The van der Waals surface area contributed by atoms with Crippen molar-refractivity contribution in [2.24, 2.45) is 0 Å². The quantitative estimate of drug-likeness (QED) is 0.615. The van der Waals surface area contributed by atoms with Crippen LogP contribution in [0.25, 0.3) is 16.2 Å². The molecular weight excluding hydrogens is 306 g/mol. The van der Waals surface area contributed by atoms with Crippen LogP contribution in [0, 0.1) is 0 Å². The van der Waals surface area contributed by atoms with E-state index in [9.17, 15) is 4.79 Å². The zero-order valence-corrected chi connectivity index (χ0v) is 14.6. The molecule has 0 saturated heterocycles. The Hall–Kier alpha value is -2.01. The van der Waals surface area contributed by atoms with Gasteiger partial charge in [-0.05, 0) is 24.8 Å². The van der Waals surface area contributed by atoms with Gasteiger partial charge in [0.05, 0.1) is 0 Å². The Bertz CT molecular complexity index is 813. The smallest absolute Gasteiger partial charge is 0.213 e. The third-order valence-corrected chi connectivity index (χ3v) is 5.41. The van der Waals surface area contributed by atoms with Crippen molar-refractivity contribution in [1.82, 2.24) is 14.6 Å². The molecule has 0 fully saturated rings. The van der Waals surface area contributed by atoms with E-state index in [0.717, 1.165) is 46.8 Å². The van der Waals surface area contributed by atoms with Crippen LogP contribution < -0.4 is 0 Å². The molecule has 0 amide bonds. The number of aromatic nitrogens is 3. The maximum Gasteiger partial charge on any atom is 0.213 e. The number of aryl methyl sites for hydroxylation is 1. The van der Waals surface area contributed by atoms with Crippen LogP contribution in [0.15, 0.2) is 24.3 Å². The highest BCUT2D eigenvalue weighted by atomic mass is 32.1. The summed E-state index contributed by atoms with van der Waals surface area (Å²) in [5.41, 5.74) is 3.50. The number of rotatable bonds is 6. The van der Waals surface area contributed by atoms with Crippen LogP contribution in [0.1, 0.15) is 60.6 Å². The fourth-order valence-corrected chi connectivity index (χ4v) is 3.97. The van der Waals surface area contributed by atoms with Gasteiger partial charge in [0.15, 0.2) is 6.29 Å². The Morgan fingerprint density at radius 3 is 2.43 bits per heavy atom. The molecule has 0 aliphatic heterocycles. The van der Waals surface area contributed by atoms with Crippen molar-refractivity contribution >= 4 is 22.6 Å². The SMILES string of the molecule is CCc1ccc(-c2nc3sc(C(CC)CC)nn3c2C=O)cc1. The van der Waals surface area contributed by atoms with Gasteiger partial charge in [0.1, 0.15) is 16.4 Å². The monoisotopic (exact) mass is 327 g/mol. The topological polar surface area (TPSA) is 47.3 Å². The van der Waals surface area contributed by atoms with Crippen LogP contribution in [0.4, 0.5) is 0 Å². The lowest BCUT2D eigenvalue weighted by Gasteiger charge is -2.06. The van der Waals surface area contributed by atoms with Gasteiger partial charge in [-0.25, -0.2) is 4.98 Å². The fourth-order valence-electron chi connectivity index (χ4n) is 2.80. The first-order chi connectivity index (χ1) is 11.2. The average Bonchev–Trinajstić information content (AvgIpc) is 3.13. The molecular formula is C18H21N3OS. The molecule has 3 aromatic rings. The van der Waals surface area contributed by atoms with E-state index < -0.39 is 0 Å². The summed E-state index contributed by atoms with van der Waals surface area (Å²) in [5, 5.41) is 5.71. The van der Waals surface area contributed by atoms with Crippen molar-refractivity contribution in [3.05, 3.63) is 40.5 Å². The number of aldehydes is 1. The minimum Gasteiger partial charge on any atom is -0.296 e. The average molecular weight is 327 g/mol. The maximum absolute atomic E-state index is 11.6. The summed E-state index contributed by atoms with van der Waals surface area (Å²) >= 11 is 1.59. The Morgan fingerprint density at radius 1 is 1.17 bits per heavy atom. The van der Waals surface area contributed by atoms with E-state index in [0.29, 0.717) is 11.6 Å². The summed E-state index contributed by atoms with van der Waals surface area (Å²) in [4.78, 5) is 17.1. The van der Waals surface area contributed by atoms with Gasteiger partial charge >= 0.3 is 0 Å². The van der Waals surface area contributed by atoms with Gasteiger partial charge in [-0.3, -0.25) is 4.79 Å². The number of carbonyl (C=O) groups excluding carboxylic acids is 1. The molecule has 3 rings (SSSR count). The summed E-state index contributed by atoms with van der Waals surface area (Å²) in [6, 6.07) is 8.22. The lowest BCUT2D eigenvalue weighted by atomic mass is 10.1. The molecule has 0 radical (unpaired) electrons. The van der Waals surface area contributed by atoms with Crippen LogP contribution >= 0.6 is 11.3 Å². The molecule has 0 atom stereocenters. The van der Waals surface area contributed by atoms with Crippen LogP contribution in [0.2, 0.25) is 0 Å². The minimum atomic E-state index is 0.438. The maximum atomic E-state index is 11.6. The number of carbonyl (C=O) groups is 1. The number of fused-ring (bicyclic) bond motifs is 1. The second-order valence-electron chi connectivity index (χ2n) is 5.66. The van der Waals surface area contributed by atoms with Crippen molar-refractivity contribution in [3.63, 3.8) is 0 Å². The lowest BCUT2D eigenvalue weighted by molar-refractivity contribution is 0.111. The van der Waals surface area contributed by atoms with Gasteiger partial charge in [0.25, 0.3) is 0 Å². The molecule has 0 N–H and O–H groups in total. The predicted octanol–water partition coefficient (Wildman–Crippen LogP) is 4.74. The normalized spacial score (nSPS) is 11.5. The number of benzene rings is 1. The lowest BCUT2D eigenvalue weighted by Crippen LogP contribution is -1.99. The number of imidazole rings is 1. The van der Waals surface area contributed by atoms with Crippen molar-refractivity contribution in [3.8, 4) is 11.3 Å². The summed E-state index contributed by atoms with van der Waals surface area (Å²) in [7, 11) is 0. The molecule has 0 spiro atoms. The molecule has 2 heterocycles. The van der Waals surface area contributed by atoms with Crippen LogP contribution in [0.3, 0.4) is 0 Å². The van der Waals surface area contributed by atoms with E-state index in [1.165, 1.54) is 5.56 Å². The van der Waals surface area contributed by atoms with E-state index in [2.05, 4.69) is 43.0 Å². The van der Waals surface area contributed by atoms with Gasteiger partial charge in [0, 0.05) is 11.5 Å². The molecule has 0 unspecified atom stereocenters. The largest absolute Gasteiger partial charge is 0.296 e. The van der Waals surface area contributed by atoms with Gasteiger partial charge in [-0.2, -0.15) is 9.61 Å². The van der Waals surface area contributed by atoms with Crippen molar-refractivity contribution < 1.29 is 4.79 Å². The third kappa shape index (κ3) is 2.81. The molecule has 2 aromatic heterocycles. The van der Waals surface area contributed by atoms with Crippen LogP contribution in [-0.4, -0.2) is 20.9 Å². The molecule has 1 aromatic carbocycles. The highest BCUT2D eigenvalue weighted by Gasteiger charge is 2.20. The standard InChI is InChI=1S/C18H21N3OS/c1-4-12-7-9-14(10-8-12)16-15(11-22)21-18(19-16)23-17(20-21)13(5-2)6-3/h7-11,13H,4-6H2,1-3H3. The van der Waals surface area contributed by atoms with Crippen LogP contribution in [-0.2, 0) is 6.42 Å². The predicted molar refractivity (Wildman–Crippen MR) is 94.4 cm³/mol. The van der Waals surface area contributed by atoms with Gasteiger partial charge in [-0.15, -0.1) is 0 Å². The fraction of sp³-hybridized carbons (Fsp3) is 0.389. The number of hydrogen-bond acceptors (Lipinski definition) is 4. The Labute approximate surface area is 140 Å². The molecule has 120 valence electrons. The number of nitrogens with zero attached hydrogens (tertiary/aromatic N) is 3. The van der Waals surface area contributed by atoms with Gasteiger partial charge in [0.2, 0.25) is 4.96 Å². The molecule has 0 saturated carbocycles. The molecule has 0 aliphatic carbocycles. The Kier molecular flexibility index (Phi) is 4.57. The number of hydrogen-bond donors (Lipinski definition) is 0. The van der Waals surface area contributed by atoms with E-state index in [-0.39, 0.29) is 0 Å². The second kappa shape index (κ2) is 6.62. The second-order valence-corrected chi connectivity index (χ2v) is 6.65. The summed E-state index contributed by atoms with van der Waals surface area (Å²) < 4.78 is 1.70. The van der Waals surface area contributed by atoms with Crippen LogP contribution in [0.5, 0.6) is 0 Å². The molecule has 5 heteroatoms. The van der Waals surface area contributed by atoms with E-state index in [1.54, 1.807) is 15.9 Å². The Morgan fingerprint density at radius 2 is 1.87 bits per heavy atom. The summed E-state index contributed by atoms with van der Waals surface area (Å²) in [6.45, 7) is 6.46. The molecule has 0 aliphatic rings. The highest BCUT2D eigenvalue weighted by Crippen LogP contribution is 2.31. The summed E-state index contributed by atoms with van der Waals surface area (Å²) in [5.74, 6) is 0.438. The zero-order chi connectivity index (χ0) is 16.4. The first-order valence-electron chi connectivity index (χ1n) is 8.15. The Balaban J connectivity index is 2.07. The van der Waals surface area contributed by atoms with E-state index in [4.69, 9.17) is 0 Å². The minimum absolute atomic E-state index is 0.438. The van der Waals surface area contributed by atoms with Crippen molar-refractivity contribution in [2.45, 2.75) is 46.0 Å². The first kappa shape index (κ1) is 15.9. The van der Waals surface area contributed by atoms with Crippen molar-refractivity contribution in [2.75, 3.05) is 0 Å². The third-order valence-electron chi connectivity index (χ3n) is 4.34. The van der Waals surface area contributed by atoms with Gasteiger partial charge < -0.3 is 0 Å². The molecule has 23 heavy (non-hydrogen) atoms. The van der Waals surface area contributed by atoms with E-state index >= 15 is 0 Å². The summed E-state index contributed by atoms with van der Waals surface area (Å²) in [6.07, 6.45) is 3.96. The first-order valence-corrected chi connectivity index (χ1v) is 8.97. The molecule has 0 bridgehead atoms. The van der Waals surface area contributed by atoms with Crippen molar-refractivity contribution in [1.29, 1.82) is 0 Å². The van der Waals surface area contributed by atoms with Gasteiger partial charge in [-0.1, -0.05) is 56.4 Å². The highest BCUT2D eigenvalue weighted by molar-refractivity contribution is 7.16. The zero-order valence-electron chi connectivity index (χ0n) is 13.7.